The number of hydrogen-bond donors (Lipinski definition) is 3. The zero-order valence-electron chi connectivity index (χ0n) is 17.0. The maximum absolute atomic E-state index is 14.6. The van der Waals surface area contributed by atoms with Crippen LogP contribution in [0.15, 0.2) is 70.8 Å². The number of carboxylic acids is 1. The number of nitrogens with zero attached hydrogens (tertiary/aromatic N) is 4. The Morgan fingerprint density at radius 1 is 1.18 bits per heavy atom. The third-order valence-electron chi connectivity index (χ3n) is 4.76. The van der Waals surface area contributed by atoms with Crippen molar-refractivity contribution >= 4 is 40.8 Å². The number of amidine groups is 1. The van der Waals surface area contributed by atoms with Gasteiger partial charge in [0.25, 0.3) is 5.95 Å². The van der Waals surface area contributed by atoms with Crippen molar-refractivity contribution in [3.05, 3.63) is 88.3 Å². The van der Waals surface area contributed by atoms with Crippen LogP contribution in [0.3, 0.4) is 0 Å². The molecule has 2 aromatic carbocycles. The first-order valence-corrected chi connectivity index (χ1v) is 10.0. The average Bonchev–Trinajstić information content (AvgIpc) is 2.94. The molecule has 4 N–H and O–H groups in total. The molecule has 0 amide bonds. The van der Waals surface area contributed by atoms with Gasteiger partial charge in [-0.2, -0.15) is 4.99 Å². The Morgan fingerprint density at radius 2 is 1.97 bits per heavy atom. The molecule has 0 radical (unpaired) electrons. The Labute approximate surface area is 192 Å². The summed E-state index contributed by atoms with van der Waals surface area (Å²) < 4.78 is 14.6. The van der Waals surface area contributed by atoms with Crippen LogP contribution in [0, 0.1) is 11.2 Å². The maximum Gasteiger partial charge on any atom is 0.353 e. The highest BCUT2D eigenvalue weighted by Gasteiger charge is 2.23. The van der Waals surface area contributed by atoms with Crippen molar-refractivity contribution in [3.63, 3.8) is 0 Å². The van der Waals surface area contributed by atoms with Crippen LogP contribution >= 0.6 is 11.6 Å². The Hall–Kier alpha value is -4.24. The van der Waals surface area contributed by atoms with E-state index in [1.165, 1.54) is 12.1 Å². The van der Waals surface area contributed by atoms with Gasteiger partial charge in [-0.3, -0.25) is 10.4 Å². The van der Waals surface area contributed by atoms with E-state index in [2.05, 4.69) is 20.0 Å². The zero-order chi connectivity index (χ0) is 23.5. The number of hydrogen-bond acceptors (Lipinski definition) is 6. The molecule has 0 unspecified atom stereocenters. The van der Waals surface area contributed by atoms with E-state index in [0.29, 0.717) is 38.7 Å². The molecule has 0 fully saturated rings. The topological polar surface area (TPSA) is 138 Å². The van der Waals surface area contributed by atoms with E-state index >= 15 is 0 Å². The Bertz CT molecular complexity index is 1380. The molecule has 10 heteroatoms. The highest BCUT2D eigenvalue weighted by molar-refractivity contribution is 6.39. The molecule has 33 heavy (non-hydrogen) atoms. The number of halogens is 2. The van der Waals surface area contributed by atoms with Crippen LogP contribution in [0.5, 0.6) is 0 Å². The van der Waals surface area contributed by atoms with Crippen molar-refractivity contribution in [1.82, 2.24) is 9.97 Å². The van der Waals surface area contributed by atoms with Crippen LogP contribution in [0.1, 0.15) is 16.7 Å². The number of aliphatic carboxylic acids is 1. The van der Waals surface area contributed by atoms with Crippen molar-refractivity contribution in [2.75, 3.05) is 0 Å². The fourth-order valence-corrected chi connectivity index (χ4v) is 3.42. The van der Waals surface area contributed by atoms with E-state index in [9.17, 15) is 9.18 Å². The van der Waals surface area contributed by atoms with Crippen LogP contribution in [-0.4, -0.2) is 38.3 Å². The van der Waals surface area contributed by atoms with Gasteiger partial charge in [-0.1, -0.05) is 29.8 Å². The van der Waals surface area contributed by atoms with Gasteiger partial charge in [0.1, 0.15) is 17.4 Å². The molecular weight excluding hydrogens is 447 g/mol. The second-order valence-electron chi connectivity index (χ2n) is 6.97. The molecule has 1 aliphatic rings. The van der Waals surface area contributed by atoms with E-state index < -0.39 is 17.5 Å². The summed E-state index contributed by atoms with van der Waals surface area (Å²) in [5.74, 6) is -1.83. The number of aliphatic imine (C=N–C) groups is 2. The molecule has 1 aromatic heterocycles. The molecule has 1 aliphatic heterocycles. The quantitative estimate of drug-likeness (QED) is 0.389. The van der Waals surface area contributed by atoms with E-state index in [1.807, 2.05) is 0 Å². The smallest absolute Gasteiger partial charge is 0.353 e. The first-order valence-electron chi connectivity index (χ1n) is 9.63. The Balaban J connectivity index is 1.79. The van der Waals surface area contributed by atoms with Crippen LogP contribution in [0.25, 0.3) is 11.3 Å². The molecule has 0 aliphatic carbocycles. The SMILES string of the molecule is N=C(/C=C\C(N)=N\c1ncc2c(n1)-c1ccc(Cl)cc1C(c1ccccc1F)=NC2)C(=O)O. The molecule has 3 aromatic rings. The molecule has 8 nitrogen and oxygen atoms in total. The molecule has 4 rings (SSSR count). The molecule has 164 valence electrons. The van der Waals surface area contributed by atoms with Crippen molar-refractivity contribution in [2.45, 2.75) is 6.54 Å². The lowest BCUT2D eigenvalue weighted by atomic mass is 9.95. The Kier molecular flexibility index (Phi) is 6.05. The minimum Gasteiger partial charge on any atom is -0.477 e. The third kappa shape index (κ3) is 4.68. The van der Waals surface area contributed by atoms with Crippen LogP contribution < -0.4 is 5.73 Å². The highest BCUT2D eigenvalue weighted by Crippen LogP contribution is 2.34. The summed E-state index contributed by atoms with van der Waals surface area (Å²) in [4.78, 5) is 28.1. The van der Waals surface area contributed by atoms with Crippen LogP contribution in [-0.2, 0) is 11.3 Å². The van der Waals surface area contributed by atoms with E-state index in [4.69, 9.17) is 27.9 Å². The van der Waals surface area contributed by atoms with Gasteiger partial charge in [-0.25, -0.2) is 19.2 Å². The number of benzene rings is 2. The minimum atomic E-state index is -1.39. The summed E-state index contributed by atoms with van der Waals surface area (Å²) in [6, 6.07) is 11.5. The van der Waals surface area contributed by atoms with E-state index in [-0.39, 0.29) is 18.3 Å². The number of nitrogens with one attached hydrogen (secondary N) is 1. The zero-order valence-corrected chi connectivity index (χ0v) is 17.7. The second-order valence-corrected chi connectivity index (χ2v) is 7.40. The monoisotopic (exact) mass is 462 g/mol. The standard InChI is InChI=1S/C23H16ClFN6O2/c24-13-5-6-14-16(9-13)21(15-3-1-2-4-17(15)25)28-10-12-11-29-23(31-20(12)14)30-19(27)8-7-18(26)22(32)33/h1-9,11,26H,10H2,(H,32,33)(H2,27,29,30,31)/b8-7-,26-18?. The second kappa shape index (κ2) is 9.09. The third-order valence-corrected chi connectivity index (χ3v) is 5.00. The van der Waals surface area contributed by atoms with Crippen LogP contribution in [0.4, 0.5) is 10.3 Å². The van der Waals surface area contributed by atoms with Gasteiger partial charge < -0.3 is 10.8 Å². The molecule has 0 spiro atoms. The molecular formula is C23H16ClFN6O2. The molecule has 0 atom stereocenters. The number of rotatable bonds is 5. The number of aromatic nitrogens is 2. The summed E-state index contributed by atoms with van der Waals surface area (Å²) in [7, 11) is 0. The van der Waals surface area contributed by atoms with Gasteiger partial charge in [0, 0.05) is 33.5 Å². The number of nitrogens with two attached hydrogens (primary N) is 1. The summed E-state index contributed by atoms with van der Waals surface area (Å²) in [6.45, 7) is 0.209. The van der Waals surface area contributed by atoms with E-state index in [0.717, 1.165) is 6.08 Å². The number of carbonyl (C=O) groups is 1. The lowest BCUT2D eigenvalue weighted by Gasteiger charge is -2.12. The fourth-order valence-electron chi connectivity index (χ4n) is 3.24. The molecule has 0 bridgehead atoms. The summed E-state index contributed by atoms with van der Waals surface area (Å²) in [6.07, 6.45) is 3.75. The molecule has 0 saturated carbocycles. The van der Waals surface area contributed by atoms with Gasteiger partial charge in [-0.05, 0) is 36.4 Å². The first kappa shape index (κ1) is 22.0. The predicted octanol–water partition coefficient (Wildman–Crippen LogP) is 3.94. The van der Waals surface area contributed by atoms with Gasteiger partial charge in [-0.15, -0.1) is 0 Å². The van der Waals surface area contributed by atoms with Crippen LogP contribution in [0.2, 0.25) is 5.02 Å². The van der Waals surface area contributed by atoms with Gasteiger partial charge in [0.05, 0.1) is 18.0 Å². The summed E-state index contributed by atoms with van der Waals surface area (Å²) >= 11 is 6.25. The molecule has 2 heterocycles. The van der Waals surface area contributed by atoms with Gasteiger partial charge in [0.2, 0.25) is 0 Å². The highest BCUT2D eigenvalue weighted by atomic mass is 35.5. The van der Waals surface area contributed by atoms with E-state index in [1.54, 1.807) is 42.6 Å². The van der Waals surface area contributed by atoms with Gasteiger partial charge >= 0.3 is 5.97 Å². The predicted molar refractivity (Wildman–Crippen MR) is 124 cm³/mol. The lowest BCUT2D eigenvalue weighted by Crippen LogP contribution is -2.12. The first-order chi connectivity index (χ1) is 15.8. The average molecular weight is 463 g/mol. The summed E-state index contributed by atoms with van der Waals surface area (Å²) in [5.41, 5.74) is 8.48. The Morgan fingerprint density at radius 3 is 2.73 bits per heavy atom. The van der Waals surface area contributed by atoms with Crippen molar-refractivity contribution in [1.29, 1.82) is 5.41 Å². The molecule has 0 saturated heterocycles. The lowest BCUT2D eigenvalue weighted by molar-refractivity contribution is -0.129. The number of fused-ring (bicyclic) bond motifs is 3. The fraction of sp³-hybridized carbons (Fsp3) is 0.0435. The van der Waals surface area contributed by atoms with Gasteiger partial charge in [0.15, 0.2) is 0 Å². The maximum atomic E-state index is 14.6. The van der Waals surface area contributed by atoms with Crippen molar-refractivity contribution < 1.29 is 14.3 Å². The largest absolute Gasteiger partial charge is 0.477 e. The van der Waals surface area contributed by atoms with Crippen molar-refractivity contribution in [3.8, 4) is 11.3 Å². The normalized spacial score (nSPS) is 13.2. The minimum absolute atomic E-state index is 0.0352. The van der Waals surface area contributed by atoms with Crippen molar-refractivity contribution in [2.24, 2.45) is 15.7 Å². The number of carboxylic acid groups (broad SMARTS) is 1. The summed E-state index contributed by atoms with van der Waals surface area (Å²) in [5, 5.41) is 16.5.